The van der Waals surface area contributed by atoms with Crippen LogP contribution in [0, 0.1) is 0 Å². The van der Waals surface area contributed by atoms with Crippen molar-refractivity contribution in [2.24, 2.45) is 5.73 Å². The summed E-state index contributed by atoms with van der Waals surface area (Å²) in [6.07, 6.45) is 6.12. The fourth-order valence-corrected chi connectivity index (χ4v) is 2.23. The van der Waals surface area contributed by atoms with Crippen LogP contribution >= 0.6 is 0 Å². The Morgan fingerprint density at radius 1 is 0.842 bits per heavy atom. The highest BCUT2D eigenvalue weighted by Gasteiger charge is 2.20. The highest BCUT2D eigenvalue weighted by atomic mass is 16.6. The second-order valence-corrected chi connectivity index (χ2v) is 4.93. The van der Waals surface area contributed by atoms with Crippen molar-refractivity contribution in [1.29, 1.82) is 0 Å². The molecule has 19 heavy (non-hydrogen) atoms. The van der Waals surface area contributed by atoms with E-state index in [0.29, 0.717) is 39.6 Å². The van der Waals surface area contributed by atoms with Gasteiger partial charge in [-0.15, -0.1) is 0 Å². The van der Waals surface area contributed by atoms with Gasteiger partial charge < -0.3 is 24.7 Å². The lowest BCUT2D eigenvalue weighted by atomic mass is 10.1. The zero-order valence-corrected chi connectivity index (χ0v) is 12.1. The lowest BCUT2D eigenvalue weighted by Crippen LogP contribution is -2.36. The molecule has 0 saturated heterocycles. The molecule has 0 bridgehead atoms. The Morgan fingerprint density at radius 2 is 1.47 bits per heavy atom. The van der Waals surface area contributed by atoms with Gasteiger partial charge in [-0.1, -0.05) is 19.3 Å². The number of ether oxygens (including phenoxy) is 4. The van der Waals surface area contributed by atoms with Crippen molar-refractivity contribution in [3.63, 3.8) is 0 Å². The lowest BCUT2D eigenvalue weighted by Gasteiger charge is -2.21. The monoisotopic (exact) mass is 275 g/mol. The molecule has 0 spiro atoms. The summed E-state index contributed by atoms with van der Waals surface area (Å²) in [5, 5.41) is 0. The minimum absolute atomic E-state index is 0.194. The van der Waals surface area contributed by atoms with Crippen LogP contribution in [0.15, 0.2) is 0 Å². The van der Waals surface area contributed by atoms with Crippen LogP contribution in [0.2, 0.25) is 0 Å². The highest BCUT2D eigenvalue weighted by molar-refractivity contribution is 4.76. The van der Waals surface area contributed by atoms with Gasteiger partial charge in [0.25, 0.3) is 0 Å². The maximum atomic E-state index is 6.09. The normalized spacial score (nSPS) is 24.3. The first-order chi connectivity index (χ1) is 9.34. The standard InChI is InChI=1S/C14H29NO4/c1-16-7-8-17-9-10-18-11-12-19-14-6-4-2-3-5-13(14)15/h13-14H,2-12,15H2,1H3. The maximum absolute atomic E-state index is 6.09. The Labute approximate surface area is 116 Å². The molecule has 1 aliphatic rings. The molecule has 1 saturated carbocycles. The zero-order valence-electron chi connectivity index (χ0n) is 12.1. The summed E-state index contributed by atoms with van der Waals surface area (Å²) in [4.78, 5) is 0. The molecule has 0 heterocycles. The Bertz CT molecular complexity index is 204. The van der Waals surface area contributed by atoms with Crippen LogP contribution in [0.5, 0.6) is 0 Å². The SMILES string of the molecule is COCCOCCOCCOC1CCCCCC1N. The van der Waals surface area contributed by atoms with Crippen LogP contribution < -0.4 is 5.73 Å². The highest BCUT2D eigenvalue weighted by Crippen LogP contribution is 2.19. The third-order valence-electron chi connectivity index (χ3n) is 3.37. The van der Waals surface area contributed by atoms with Gasteiger partial charge in [0.2, 0.25) is 0 Å². The Hall–Kier alpha value is -0.200. The largest absolute Gasteiger partial charge is 0.382 e. The van der Waals surface area contributed by atoms with Gasteiger partial charge in [-0.3, -0.25) is 0 Å². The third kappa shape index (κ3) is 8.55. The van der Waals surface area contributed by atoms with E-state index < -0.39 is 0 Å². The number of hydrogen-bond donors (Lipinski definition) is 1. The van der Waals surface area contributed by atoms with Crippen LogP contribution in [-0.4, -0.2) is 58.9 Å². The predicted molar refractivity (Wildman–Crippen MR) is 74.3 cm³/mol. The summed E-state index contributed by atoms with van der Waals surface area (Å²) in [5.41, 5.74) is 6.09. The van der Waals surface area contributed by atoms with Gasteiger partial charge in [0.1, 0.15) is 0 Å². The molecule has 0 aromatic rings. The number of methoxy groups -OCH3 is 1. The summed E-state index contributed by atoms with van der Waals surface area (Å²) in [6, 6.07) is 0.194. The van der Waals surface area contributed by atoms with Crippen LogP contribution in [0.1, 0.15) is 32.1 Å². The third-order valence-corrected chi connectivity index (χ3v) is 3.37. The van der Waals surface area contributed by atoms with Crippen molar-refractivity contribution in [2.45, 2.75) is 44.2 Å². The van der Waals surface area contributed by atoms with Crippen molar-refractivity contribution in [3.8, 4) is 0 Å². The van der Waals surface area contributed by atoms with E-state index in [9.17, 15) is 0 Å². The van der Waals surface area contributed by atoms with Gasteiger partial charge in [0.05, 0.1) is 45.7 Å². The second-order valence-electron chi connectivity index (χ2n) is 4.93. The van der Waals surface area contributed by atoms with Gasteiger partial charge in [0.15, 0.2) is 0 Å². The average molecular weight is 275 g/mol. The fourth-order valence-electron chi connectivity index (χ4n) is 2.23. The second kappa shape index (κ2) is 11.6. The summed E-state index contributed by atoms with van der Waals surface area (Å²) in [6.45, 7) is 3.68. The van der Waals surface area contributed by atoms with E-state index in [2.05, 4.69) is 0 Å². The van der Waals surface area contributed by atoms with Crippen molar-refractivity contribution in [1.82, 2.24) is 0 Å². The molecule has 1 aliphatic carbocycles. The molecule has 1 rings (SSSR count). The molecule has 2 unspecified atom stereocenters. The fraction of sp³-hybridized carbons (Fsp3) is 1.00. The lowest BCUT2D eigenvalue weighted by molar-refractivity contribution is -0.0243. The molecule has 114 valence electrons. The summed E-state index contributed by atoms with van der Waals surface area (Å²) in [7, 11) is 1.66. The van der Waals surface area contributed by atoms with E-state index in [0.717, 1.165) is 12.8 Å². The van der Waals surface area contributed by atoms with Gasteiger partial charge in [-0.05, 0) is 12.8 Å². The van der Waals surface area contributed by atoms with Crippen molar-refractivity contribution >= 4 is 0 Å². The Kier molecular flexibility index (Phi) is 10.3. The molecule has 0 radical (unpaired) electrons. The van der Waals surface area contributed by atoms with E-state index in [1.807, 2.05) is 0 Å². The van der Waals surface area contributed by atoms with E-state index in [4.69, 9.17) is 24.7 Å². The molecule has 1 fully saturated rings. The molecule has 5 heteroatoms. The number of hydrogen-bond acceptors (Lipinski definition) is 5. The minimum Gasteiger partial charge on any atom is -0.382 e. The number of rotatable bonds is 10. The molecule has 0 aromatic carbocycles. The van der Waals surface area contributed by atoms with E-state index >= 15 is 0 Å². The van der Waals surface area contributed by atoms with Crippen LogP contribution in [0.25, 0.3) is 0 Å². The van der Waals surface area contributed by atoms with Crippen LogP contribution in [0.3, 0.4) is 0 Å². The Balaban J connectivity index is 1.89. The van der Waals surface area contributed by atoms with E-state index in [-0.39, 0.29) is 12.1 Å². The summed E-state index contributed by atoms with van der Waals surface area (Å²) in [5.74, 6) is 0. The topological polar surface area (TPSA) is 62.9 Å². The summed E-state index contributed by atoms with van der Waals surface area (Å²) >= 11 is 0. The number of nitrogens with two attached hydrogens (primary N) is 1. The van der Waals surface area contributed by atoms with Crippen LogP contribution in [0.4, 0.5) is 0 Å². The quantitative estimate of drug-likeness (QED) is 0.481. The predicted octanol–water partition coefficient (Wildman–Crippen LogP) is 1.34. The van der Waals surface area contributed by atoms with Crippen molar-refractivity contribution in [2.75, 3.05) is 46.8 Å². The van der Waals surface area contributed by atoms with Gasteiger partial charge in [0, 0.05) is 13.2 Å². The van der Waals surface area contributed by atoms with Crippen molar-refractivity contribution in [3.05, 3.63) is 0 Å². The zero-order chi connectivity index (χ0) is 13.8. The maximum Gasteiger partial charge on any atom is 0.0727 e. The van der Waals surface area contributed by atoms with Crippen LogP contribution in [-0.2, 0) is 18.9 Å². The molecule has 5 nitrogen and oxygen atoms in total. The molecule has 0 aliphatic heterocycles. The molecule has 0 amide bonds. The molecule has 0 aromatic heterocycles. The van der Waals surface area contributed by atoms with E-state index in [1.54, 1.807) is 7.11 Å². The molecule has 2 atom stereocenters. The molecule has 2 N–H and O–H groups in total. The van der Waals surface area contributed by atoms with E-state index in [1.165, 1.54) is 19.3 Å². The minimum atomic E-state index is 0.194. The first-order valence-electron chi connectivity index (χ1n) is 7.36. The first kappa shape index (κ1) is 16.9. The molecular formula is C14H29NO4. The van der Waals surface area contributed by atoms with Gasteiger partial charge >= 0.3 is 0 Å². The van der Waals surface area contributed by atoms with Gasteiger partial charge in [-0.2, -0.15) is 0 Å². The smallest absolute Gasteiger partial charge is 0.0727 e. The first-order valence-corrected chi connectivity index (χ1v) is 7.36. The average Bonchev–Trinajstić information content (AvgIpc) is 2.62. The van der Waals surface area contributed by atoms with Crippen molar-refractivity contribution < 1.29 is 18.9 Å². The molecular weight excluding hydrogens is 246 g/mol. The Morgan fingerprint density at radius 3 is 2.21 bits per heavy atom. The summed E-state index contributed by atoms with van der Waals surface area (Å²) < 4.78 is 21.4. The van der Waals surface area contributed by atoms with Gasteiger partial charge in [-0.25, -0.2) is 0 Å².